The Balaban J connectivity index is 2.11. The number of Topliss-reactive ketones (excluding diaryl/α,β-unsaturated/α-hetero) is 1. The number of fused-ring (bicyclic) bond motifs is 1. The molecule has 1 aromatic carbocycles. The molecular weight excluding hydrogens is 363 g/mol. The van der Waals surface area contributed by atoms with Gasteiger partial charge in [0.15, 0.2) is 5.78 Å². The number of halogens is 3. The van der Waals surface area contributed by atoms with Crippen LogP contribution in [0.4, 0.5) is 18.0 Å². The second-order valence-corrected chi connectivity index (χ2v) is 8.28. The Morgan fingerprint density at radius 2 is 1.81 bits per heavy atom. The molecule has 0 aliphatic carbocycles. The molecule has 0 bridgehead atoms. The zero-order chi connectivity index (χ0) is 20.2. The highest BCUT2D eigenvalue weighted by Gasteiger charge is 2.57. The zero-order valence-corrected chi connectivity index (χ0v) is 15.4. The predicted octanol–water partition coefficient (Wildman–Crippen LogP) is 4.46. The van der Waals surface area contributed by atoms with Gasteiger partial charge in [-0.1, -0.05) is 26.8 Å². The molecule has 5 nitrogen and oxygen atoms in total. The van der Waals surface area contributed by atoms with Crippen LogP contribution in [-0.2, 0) is 6.18 Å². The van der Waals surface area contributed by atoms with E-state index in [4.69, 9.17) is 4.74 Å². The summed E-state index contributed by atoms with van der Waals surface area (Å²) < 4.78 is 46.5. The Bertz CT molecular complexity index is 774. The molecular formula is C19H22F3NO4. The highest BCUT2D eigenvalue weighted by Crippen LogP contribution is 2.51. The van der Waals surface area contributed by atoms with E-state index in [0.717, 1.165) is 6.07 Å². The first-order valence-electron chi connectivity index (χ1n) is 8.78. The van der Waals surface area contributed by atoms with Gasteiger partial charge in [-0.3, -0.25) is 4.79 Å². The van der Waals surface area contributed by atoms with E-state index in [1.165, 1.54) is 17.0 Å². The maximum absolute atomic E-state index is 13.5. The van der Waals surface area contributed by atoms with Crippen LogP contribution in [0.1, 0.15) is 49.5 Å². The van der Waals surface area contributed by atoms with E-state index in [1.807, 2.05) is 0 Å². The number of nitrogens with zero attached hydrogens (tertiary/aromatic N) is 1. The lowest BCUT2D eigenvalue weighted by molar-refractivity contribution is -0.139. The summed E-state index contributed by atoms with van der Waals surface area (Å²) in [6, 6.07) is 3.50. The summed E-state index contributed by atoms with van der Waals surface area (Å²) in [5.41, 5.74) is -3.08. The smallest absolute Gasteiger partial charge is 0.417 e. The van der Waals surface area contributed by atoms with Crippen molar-refractivity contribution in [3.8, 4) is 5.75 Å². The molecule has 8 heteroatoms. The van der Waals surface area contributed by atoms with Crippen molar-refractivity contribution in [3.63, 3.8) is 0 Å². The van der Waals surface area contributed by atoms with Crippen molar-refractivity contribution < 1.29 is 32.6 Å². The lowest BCUT2D eigenvalue weighted by Crippen LogP contribution is -2.60. The second kappa shape index (κ2) is 6.14. The maximum Gasteiger partial charge on any atom is 0.417 e. The lowest BCUT2D eigenvalue weighted by atomic mass is 9.62. The van der Waals surface area contributed by atoms with Gasteiger partial charge in [-0.05, 0) is 17.5 Å². The number of amides is 1. The molecule has 1 aromatic rings. The Kier molecular flexibility index (Phi) is 4.44. The molecule has 1 atom stereocenters. The Labute approximate surface area is 155 Å². The van der Waals surface area contributed by atoms with E-state index in [2.05, 4.69) is 0 Å². The van der Waals surface area contributed by atoms with Crippen LogP contribution in [-0.4, -0.2) is 40.6 Å². The molecule has 2 aliphatic heterocycles. The SMILES string of the molecule is CC(C)(C)C1C(=O)c2c(cccc2C(F)(F)F)OC12CCN(C(=O)O)CC2. The maximum atomic E-state index is 13.5. The molecule has 0 aromatic heterocycles. The van der Waals surface area contributed by atoms with Gasteiger partial charge < -0.3 is 14.7 Å². The Morgan fingerprint density at radius 3 is 2.30 bits per heavy atom. The number of carboxylic acid groups (broad SMARTS) is 1. The van der Waals surface area contributed by atoms with E-state index in [1.54, 1.807) is 20.8 Å². The quantitative estimate of drug-likeness (QED) is 0.716. The van der Waals surface area contributed by atoms with Crippen molar-refractivity contribution in [3.05, 3.63) is 29.3 Å². The third kappa shape index (κ3) is 3.26. The summed E-state index contributed by atoms with van der Waals surface area (Å²) in [6.07, 6.45) is -5.21. The number of carbonyl (C=O) groups excluding carboxylic acids is 1. The first-order valence-corrected chi connectivity index (χ1v) is 8.78. The van der Waals surface area contributed by atoms with Crippen LogP contribution in [0.15, 0.2) is 18.2 Å². The van der Waals surface area contributed by atoms with Crippen LogP contribution in [0.3, 0.4) is 0 Å². The molecule has 3 rings (SSSR count). The first-order chi connectivity index (χ1) is 12.4. The Morgan fingerprint density at radius 1 is 1.22 bits per heavy atom. The van der Waals surface area contributed by atoms with Crippen molar-refractivity contribution in [1.29, 1.82) is 0 Å². The molecule has 148 valence electrons. The van der Waals surface area contributed by atoms with Gasteiger partial charge in [0.1, 0.15) is 11.4 Å². The summed E-state index contributed by atoms with van der Waals surface area (Å²) in [7, 11) is 0. The normalized spacial score (nSPS) is 22.4. The average molecular weight is 385 g/mol. The number of rotatable bonds is 0. The number of benzene rings is 1. The lowest BCUT2D eigenvalue weighted by Gasteiger charge is -2.52. The van der Waals surface area contributed by atoms with Gasteiger partial charge in [-0.25, -0.2) is 4.79 Å². The van der Waals surface area contributed by atoms with E-state index >= 15 is 0 Å². The highest BCUT2D eigenvalue weighted by atomic mass is 19.4. The van der Waals surface area contributed by atoms with Gasteiger partial charge in [-0.2, -0.15) is 13.2 Å². The van der Waals surface area contributed by atoms with Gasteiger partial charge in [0.2, 0.25) is 0 Å². The van der Waals surface area contributed by atoms with Crippen LogP contribution in [0.5, 0.6) is 5.75 Å². The highest BCUT2D eigenvalue weighted by molar-refractivity contribution is 6.04. The van der Waals surface area contributed by atoms with Gasteiger partial charge in [0.25, 0.3) is 0 Å². The summed E-state index contributed by atoms with van der Waals surface area (Å²) in [4.78, 5) is 25.8. The number of piperidine rings is 1. The van der Waals surface area contributed by atoms with Crippen LogP contribution in [0.25, 0.3) is 0 Å². The monoisotopic (exact) mass is 385 g/mol. The molecule has 1 amide bonds. The van der Waals surface area contributed by atoms with E-state index in [9.17, 15) is 27.9 Å². The van der Waals surface area contributed by atoms with Crippen molar-refractivity contribution in [2.75, 3.05) is 13.1 Å². The van der Waals surface area contributed by atoms with E-state index < -0.39 is 46.1 Å². The van der Waals surface area contributed by atoms with Crippen LogP contribution in [0.2, 0.25) is 0 Å². The molecule has 2 heterocycles. The third-order valence-corrected chi connectivity index (χ3v) is 5.43. The van der Waals surface area contributed by atoms with Crippen LogP contribution in [0, 0.1) is 11.3 Å². The average Bonchev–Trinajstić information content (AvgIpc) is 2.52. The third-order valence-electron chi connectivity index (χ3n) is 5.43. The summed E-state index contributed by atoms with van der Waals surface area (Å²) in [5.74, 6) is -1.46. The molecule has 0 radical (unpaired) electrons. The number of hydrogen-bond acceptors (Lipinski definition) is 3. The molecule has 1 unspecified atom stereocenters. The molecule has 27 heavy (non-hydrogen) atoms. The van der Waals surface area contributed by atoms with Gasteiger partial charge in [0, 0.05) is 25.9 Å². The summed E-state index contributed by atoms with van der Waals surface area (Å²) in [5, 5.41) is 9.18. The fraction of sp³-hybridized carbons (Fsp3) is 0.579. The predicted molar refractivity (Wildman–Crippen MR) is 90.9 cm³/mol. The van der Waals surface area contributed by atoms with Gasteiger partial charge in [-0.15, -0.1) is 0 Å². The number of alkyl halides is 3. The first kappa shape index (κ1) is 19.5. The topological polar surface area (TPSA) is 66.8 Å². The van der Waals surface area contributed by atoms with Crippen LogP contribution >= 0.6 is 0 Å². The van der Waals surface area contributed by atoms with E-state index in [-0.39, 0.29) is 31.7 Å². The molecule has 1 fully saturated rings. The standard InChI is InChI=1S/C19H22F3NO4/c1-17(2,3)15-14(24)13-11(19(20,21)22)5-4-6-12(13)27-18(15)7-9-23(10-8-18)16(25)26/h4-6,15H,7-10H2,1-3H3,(H,25,26). The zero-order valence-electron chi connectivity index (χ0n) is 15.4. The number of ether oxygens (including phenoxy) is 1. The number of likely N-dealkylation sites (tertiary alicyclic amines) is 1. The van der Waals surface area contributed by atoms with Crippen LogP contribution < -0.4 is 4.74 Å². The number of hydrogen-bond donors (Lipinski definition) is 1. The number of carbonyl (C=O) groups is 2. The molecule has 1 saturated heterocycles. The minimum atomic E-state index is -4.66. The molecule has 1 N–H and O–H groups in total. The molecule has 2 aliphatic rings. The molecule has 0 saturated carbocycles. The fourth-order valence-electron chi connectivity index (χ4n) is 4.42. The minimum absolute atomic E-state index is 0.0703. The van der Waals surface area contributed by atoms with Gasteiger partial charge >= 0.3 is 12.3 Å². The summed E-state index contributed by atoms with van der Waals surface area (Å²) in [6.45, 7) is 5.73. The molecule has 1 spiro atoms. The van der Waals surface area contributed by atoms with Crippen molar-refractivity contribution in [2.24, 2.45) is 11.3 Å². The van der Waals surface area contributed by atoms with Crippen molar-refractivity contribution in [1.82, 2.24) is 4.90 Å². The minimum Gasteiger partial charge on any atom is -0.486 e. The van der Waals surface area contributed by atoms with Crippen molar-refractivity contribution >= 4 is 11.9 Å². The fourth-order valence-corrected chi connectivity index (χ4v) is 4.42. The number of ketones is 1. The van der Waals surface area contributed by atoms with Crippen molar-refractivity contribution in [2.45, 2.75) is 45.4 Å². The Hall–Kier alpha value is -2.25. The second-order valence-electron chi connectivity index (χ2n) is 8.28. The largest absolute Gasteiger partial charge is 0.486 e. The summed E-state index contributed by atoms with van der Waals surface area (Å²) >= 11 is 0. The van der Waals surface area contributed by atoms with E-state index in [0.29, 0.717) is 0 Å². The van der Waals surface area contributed by atoms with Gasteiger partial charge in [0.05, 0.1) is 17.0 Å².